The van der Waals surface area contributed by atoms with Crippen LogP contribution in [0.4, 0.5) is 0 Å². The molecule has 0 aliphatic carbocycles. The number of azo groups is 1. The quantitative estimate of drug-likeness (QED) is 0.356. The molecule has 164 valence electrons. The van der Waals surface area contributed by atoms with E-state index in [0.29, 0.717) is 27.1 Å². The molecule has 1 amide bonds. The second-order valence-corrected chi connectivity index (χ2v) is 9.41. The number of halogens is 5. The van der Waals surface area contributed by atoms with Crippen LogP contribution in [0.3, 0.4) is 0 Å². The number of rotatable bonds is 5. The van der Waals surface area contributed by atoms with E-state index in [1.165, 1.54) is 0 Å². The molecule has 0 saturated carbocycles. The van der Waals surface area contributed by atoms with E-state index >= 15 is 0 Å². The van der Waals surface area contributed by atoms with Gasteiger partial charge in [-0.05, 0) is 47.5 Å². The van der Waals surface area contributed by atoms with Gasteiger partial charge in [-0.2, -0.15) is 10.2 Å². The molecule has 0 radical (unpaired) electrons. The van der Waals surface area contributed by atoms with Crippen molar-refractivity contribution >= 4 is 63.9 Å². The van der Waals surface area contributed by atoms with Crippen molar-refractivity contribution in [1.82, 2.24) is 5.32 Å². The maximum atomic E-state index is 13.2. The van der Waals surface area contributed by atoms with Gasteiger partial charge in [-0.1, -0.05) is 82.3 Å². The minimum absolute atomic E-state index is 0.161. The van der Waals surface area contributed by atoms with Gasteiger partial charge in [0.1, 0.15) is 0 Å². The number of benzene rings is 3. The molecule has 32 heavy (non-hydrogen) atoms. The van der Waals surface area contributed by atoms with Crippen LogP contribution in [0.15, 0.2) is 70.9 Å². The average Bonchev–Trinajstić information content (AvgIpc) is 3.23. The summed E-state index contributed by atoms with van der Waals surface area (Å²) in [5, 5.41) is 14.0. The lowest BCUT2D eigenvalue weighted by atomic mass is 9.93. The van der Waals surface area contributed by atoms with Crippen LogP contribution in [0.2, 0.25) is 25.1 Å². The highest BCUT2D eigenvalue weighted by atomic mass is 35.5. The van der Waals surface area contributed by atoms with E-state index in [0.717, 1.165) is 5.56 Å². The molecule has 3 aromatic rings. The summed E-state index contributed by atoms with van der Waals surface area (Å²) >= 11 is 31.1. The highest BCUT2D eigenvalue weighted by Gasteiger charge is 2.34. The third-order valence-electron chi connectivity index (χ3n) is 5.23. The topological polar surface area (TPSA) is 53.8 Å². The minimum Gasteiger partial charge on any atom is -0.343 e. The summed E-state index contributed by atoms with van der Waals surface area (Å²) in [6.07, 6.45) is 0.571. The third kappa shape index (κ3) is 5.05. The largest absolute Gasteiger partial charge is 0.343 e. The van der Waals surface area contributed by atoms with Crippen molar-refractivity contribution < 1.29 is 4.79 Å². The van der Waals surface area contributed by atoms with Crippen LogP contribution in [-0.4, -0.2) is 11.9 Å². The van der Waals surface area contributed by atoms with Crippen molar-refractivity contribution in [2.75, 3.05) is 0 Å². The van der Waals surface area contributed by atoms with E-state index in [-0.39, 0.29) is 27.7 Å². The van der Waals surface area contributed by atoms with Crippen LogP contribution in [-0.2, 0) is 0 Å². The fraction of sp³-hybridized carbons (Fsp3) is 0.174. The molecule has 9 heteroatoms. The van der Waals surface area contributed by atoms with E-state index in [2.05, 4.69) is 15.5 Å². The third-order valence-corrected chi connectivity index (χ3v) is 6.68. The molecular formula is C23H16Cl5N3O. The molecule has 3 aromatic carbocycles. The van der Waals surface area contributed by atoms with E-state index < -0.39 is 11.9 Å². The first-order chi connectivity index (χ1) is 15.3. The monoisotopic (exact) mass is 525 g/mol. The number of hydrogen-bond acceptors (Lipinski definition) is 3. The van der Waals surface area contributed by atoms with E-state index in [4.69, 9.17) is 58.0 Å². The maximum Gasteiger partial charge on any atom is 0.254 e. The predicted octanol–water partition coefficient (Wildman–Crippen LogP) is 8.39. The van der Waals surface area contributed by atoms with Crippen LogP contribution < -0.4 is 5.32 Å². The van der Waals surface area contributed by atoms with Gasteiger partial charge in [0.15, 0.2) is 0 Å². The second kappa shape index (κ2) is 9.98. The van der Waals surface area contributed by atoms with Crippen LogP contribution in [0.25, 0.3) is 0 Å². The molecule has 4 nitrogen and oxygen atoms in total. The van der Waals surface area contributed by atoms with Crippen molar-refractivity contribution in [3.8, 4) is 0 Å². The lowest BCUT2D eigenvalue weighted by Crippen LogP contribution is -2.35. The van der Waals surface area contributed by atoms with Crippen molar-refractivity contribution in [2.24, 2.45) is 10.2 Å². The van der Waals surface area contributed by atoms with Crippen molar-refractivity contribution in [3.63, 3.8) is 0 Å². The van der Waals surface area contributed by atoms with Gasteiger partial charge >= 0.3 is 0 Å². The fourth-order valence-corrected chi connectivity index (χ4v) is 4.86. The van der Waals surface area contributed by atoms with Gasteiger partial charge in [-0.15, -0.1) is 0 Å². The summed E-state index contributed by atoms with van der Waals surface area (Å²) < 4.78 is 0. The zero-order valence-electron chi connectivity index (χ0n) is 16.4. The van der Waals surface area contributed by atoms with E-state index in [1.54, 1.807) is 36.4 Å². The van der Waals surface area contributed by atoms with Gasteiger partial charge in [-0.25, -0.2) is 0 Å². The molecule has 0 aromatic heterocycles. The smallest absolute Gasteiger partial charge is 0.254 e. The second-order valence-electron chi connectivity index (χ2n) is 7.31. The van der Waals surface area contributed by atoms with Crippen LogP contribution in [0.5, 0.6) is 0 Å². The molecule has 3 unspecified atom stereocenters. The summed E-state index contributed by atoms with van der Waals surface area (Å²) in [5.41, 5.74) is 1.85. The lowest BCUT2D eigenvalue weighted by Gasteiger charge is -2.25. The molecule has 4 rings (SSSR count). The molecule has 1 heterocycles. The number of nitrogens with zero attached hydrogens (tertiary/aromatic N) is 2. The fourth-order valence-electron chi connectivity index (χ4n) is 3.64. The van der Waals surface area contributed by atoms with Crippen molar-refractivity contribution in [3.05, 3.63) is 102 Å². The van der Waals surface area contributed by atoms with Crippen LogP contribution in [0.1, 0.15) is 40.0 Å². The predicted molar refractivity (Wildman–Crippen MR) is 131 cm³/mol. The Bertz CT molecular complexity index is 1160. The molecule has 1 aliphatic heterocycles. The molecule has 1 N–H and O–H groups in total. The number of nitrogens with one attached hydrogen (secondary N) is 1. The first-order valence-electron chi connectivity index (χ1n) is 9.68. The Balaban J connectivity index is 1.65. The Morgan fingerprint density at radius 1 is 0.844 bits per heavy atom. The van der Waals surface area contributed by atoms with E-state index in [1.807, 2.05) is 24.3 Å². The molecule has 0 fully saturated rings. The van der Waals surface area contributed by atoms with Gasteiger partial charge in [0.05, 0.1) is 33.7 Å². The summed E-state index contributed by atoms with van der Waals surface area (Å²) in [4.78, 5) is 13.2. The number of carbonyl (C=O) groups excluding carboxylic acids is 1. The zero-order chi connectivity index (χ0) is 22.8. The summed E-state index contributed by atoms with van der Waals surface area (Å²) in [6, 6.07) is 16.4. The average molecular weight is 528 g/mol. The number of amides is 1. The summed E-state index contributed by atoms with van der Waals surface area (Å²) in [6.45, 7) is 0. The lowest BCUT2D eigenvalue weighted by molar-refractivity contribution is 0.0930. The van der Waals surface area contributed by atoms with Gasteiger partial charge < -0.3 is 5.32 Å². The Hall–Kier alpha value is -1.82. The normalized spacial score (nSPS) is 18.5. The van der Waals surface area contributed by atoms with Gasteiger partial charge in [0.2, 0.25) is 0 Å². The maximum absolute atomic E-state index is 13.2. The first kappa shape index (κ1) is 23.3. The first-order valence-corrected chi connectivity index (χ1v) is 11.6. The van der Waals surface area contributed by atoms with Crippen LogP contribution in [0, 0.1) is 0 Å². The molecule has 3 atom stereocenters. The summed E-state index contributed by atoms with van der Waals surface area (Å²) in [5.74, 6) is -0.429. The molecule has 1 aliphatic rings. The van der Waals surface area contributed by atoms with Gasteiger partial charge in [-0.3, -0.25) is 4.79 Å². The van der Waals surface area contributed by atoms with Gasteiger partial charge in [0, 0.05) is 21.5 Å². The Morgan fingerprint density at radius 3 is 2.16 bits per heavy atom. The zero-order valence-corrected chi connectivity index (χ0v) is 20.2. The Kier molecular flexibility index (Phi) is 7.28. The standard InChI is InChI=1S/C23H16Cl5N3O/c24-13-6-4-12(5-7-13)19-11-20(31-30-19)22(15-9-8-14(25)10-18(15)28)29-23(32)21-16(26)2-1-3-17(21)27/h1-10,19-20,22H,11H2,(H,29,32). The Labute approximate surface area is 210 Å². The SMILES string of the molecule is O=C(NC(c1ccc(Cl)cc1Cl)C1CC(c2ccc(Cl)cc2)N=N1)c1c(Cl)cccc1Cl. The highest BCUT2D eigenvalue weighted by molar-refractivity contribution is 6.39. The highest BCUT2D eigenvalue weighted by Crippen LogP contribution is 2.39. The number of carbonyl (C=O) groups is 1. The summed E-state index contributed by atoms with van der Waals surface area (Å²) in [7, 11) is 0. The van der Waals surface area contributed by atoms with Crippen molar-refractivity contribution in [1.29, 1.82) is 0 Å². The van der Waals surface area contributed by atoms with Crippen molar-refractivity contribution in [2.45, 2.75) is 24.5 Å². The van der Waals surface area contributed by atoms with E-state index in [9.17, 15) is 4.79 Å². The molecule has 0 bridgehead atoms. The molecular weight excluding hydrogens is 512 g/mol. The Morgan fingerprint density at radius 2 is 1.50 bits per heavy atom. The van der Waals surface area contributed by atoms with Gasteiger partial charge in [0.25, 0.3) is 5.91 Å². The number of hydrogen-bond donors (Lipinski definition) is 1. The minimum atomic E-state index is -0.569. The molecule has 0 saturated heterocycles. The van der Waals surface area contributed by atoms with Crippen LogP contribution >= 0.6 is 58.0 Å². The molecule has 0 spiro atoms.